The molecule has 0 fully saturated rings. The molecule has 2 N–H and O–H groups in total. The maximum absolute atomic E-state index is 12.1. The van der Waals surface area contributed by atoms with Gasteiger partial charge in [-0.25, -0.2) is 4.79 Å². The monoisotopic (exact) mass is 392 g/mol. The molecular formula is C17H20N4O5S. The summed E-state index contributed by atoms with van der Waals surface area (Å²) in [5.74, 6) is 1.07. The molecule has 3 amide bonds. The van der Waals surface area contributed by atoms with E-state index in [9.17, 15) is 9.59 Å². The summed E-state index contributed by atoms with van der Waals surface area (Å²) in [6.45, 7) is 5.49. The normalized spacial score (nSPS) is 16.7. The third-order valence-electron chi connectivity index (χ3n) is 3.51. The summed E-state index contributed by atoms with van der Waals surface area (Å²) in [5.41, 5.74) is 0. The smallest absolute Gasteiger partial charge is 0.321 e. The number of ether oxygens (including phenoxy) is 2. The van der Waals surface area contributed by atoms with Crippen molar-refractivity contribution in [3.8, 4) is 11.5 Å². The highest BCUT2D eigenvalue weighted by Crippen LogP contribution is 2.36. The van der Waals surface area contributed by atoms with Gasteiger partial charge in [-0.1, -0.05) is 23.9 Å². The molecule has 144 valence electrons. The average molecular weight is 392 g/mol. The third kappa shape index (κ3) is 4.91. The quantitative estimate of drug-likeness (QED) is 0.745. The van der Waals surface area contributed by atoms with Crippen LogP contribution in [-0.4, -0.2) is 40.0 Å². The number of hydrogen-bond donors (Lipinski definition) is 2. The van der Waals surface area contributed by atoms with E-state index in [-0.39, 0.29) is 23.8 Å². The molecule has 2 aromatic rings. The van der Waals surface area contributed by atoms with Gasteiger partial charge in [-0.3, -0.25) is 10.1 Å². The number of nitrogens with one attached hydrogen (secondary N) is 2. The number of nitrogens with zero attached hydrogens (tertiary/aromatic N) is 2. The molecule has 1 aliphatic rings. The molecule has 2 atom stereocenters. The molecule has 1 aromatic heterocycles. The highest BCUT2D eigenvalue weighted by molar-refractivity contribution is 8.00. The summed E-state index contributed by atoms with van der Waals surface area (Å²) in [7, 11) is 0. The van der Waals surface area contributed by atoms with Crippen molar-refractivity contribution in [2.45, 2.75) is 43.4 Å². The minimum atomic E-state index is -0.597. The number of amides is 3. The van der Waals surface area contributed by atoms with Gasteiger partial charge < -0.3 is 19.2 Å². The van der Waals surface area contributed by atoms with E-state index in [1.807, 2.05) is 18.2 Å². The van der Waals surface area contributed by atoms with Gasteiger partial charge >= 0.3 is 6.03 Å². The van der Waals surface area contributed by atoms with Crippen LogP contribution in [0.4, 0.5) is 4.79 Å². The van der Waals surface area contributed by atoms with E-state index in [0.717, 1.165) is 11.8 Å². The number of benzene rings is 1. The predicted molar refractivity (Wildman–Crippen MR) is 96.7 cm³/mol. The van der Waals surface area contributed by atoms with Crippen LogP contribution in [-0.2, 0) is 4.79 Å². The minimum Gasteiger partial charge on any atom is -0.485 e. The van der Waals surface area contributed by atoms with Crippen molar-refractivity contribution in [3.05, 3.63) is 30.2 Å². The van der Waals surface area contributed by atoms with Crippen molar-refractivity contribution >= 4 is 23.7 Å². The number of rotatable bonds is 5. The molecule has 3 rings (SSSR count). The standard InChI is InChI=1S/C17H20N4O5S/c1-9(2)18-16(23)19-14(22)10(3)27-17-21-20-15(26-17)13-8-24-11-6-4-5-7-12(11)25-13/h4-7,9-10,13H,8H2,1-3H3,(H2,18,19,22,23)/t10-,13-/m1/s1. The summed E-state index contributed by atoms with van der Waals surface area (Å²) in [4.78, 5) is 23.7. The number of thioether (sulfide) groups is 1. The average Bonchev–Trinajstić information content (AvgIpc) is 3.09. The maximum atomic E-state index is 12.1. The Labute approximate surface area is 160 Å². The predicted octanol–water partition coefficient (Wildman–Crippen LogP) is 2.30. The number of imide groups is 1. The molecule has 1 aromatic carbocycles. The Bertz CT molecular complexity index is 825. The van der Waals surface area contributed by atoms with Gasteiger partial charge in [0.25, 0.3) is 11.1 Å². The topological polar surface area (TPSA) is 116 Å². The van der Waals surface area contributed by atoms with Crippen LogP contribution in [0.5, 0.6) is 11.5 Å². The fourth-order valence-corrected chi connectivity index (χ4v) is 2.95. The van der Waals surface area contributed by atoms with E-state index in [4.69, 9.17) is 13.9 Å². The lowest BCUT2D eigenvalue weighted by molar-refractivity contribution is -0.119. The number of urea groups is 1. The van der Waals surface area contributed by atoms with Crippen LogP contribution in [0, 0.1) is 0 Å². The number of carbonyl (C=O) groups excluding carboxylic acids is 2. The molecule has 0 spiro atoms. The van der Waals surface area contributed by atoms with Crippen molar-refractivity contribution in [2.24, 2.45) is 0 Å². The molecule has 0 bridgehead atoms. The molecule has 27 heavy (non-hydrogen) atoms. The first-order chi connectivity index (χ1) is 12.9. The second-order valence-corrected chi connectivity index (χ2v) is 7.44. The Morgan fingerprint density at radius 1 is 1.19 bits per heavy atom. The van der Waals surface area contributed by atoms with Crippen molar-refractivity contribution in [2.75, 3.05) is 6.61 Å². The zero-order chi connectivity index (χ0) is 19.4. The molecule has 0 radical (unpaired) electrons. The molecule has 0 aliphatic carbocycles. The number of aromatic nitrogens is 2. The Hall–Kier alpha value is -2.75. The summed E-state index contributed by atoms with van der Waals surface area (Å²) in [6.07, 6.45) is -0.525. The highest BCUT2D eigenvalue weighted by Gasteiger charge is 2.28. The van der Waals surface area contributed by atoms with Gasteiger partial charge in [0.15, 0.2) is 11.5 Å². The number of hydrogen-bond acceptors (Lipinski definition) is 8. The number of fused-ring (bicyclic) bond motifs is 1. The lowest BCUT2D eigenvalue weighted by Gasteiger charge is -2.23. The first kappa shape index (κ1) is 19.0. The van der Waals surface area contributed by atoms with Crippen LogP contribution in [0.1, 0.15) is 32.8 Å². The van der Waals surface area contributed by atoms with Gasteiger partial charge in [-0.15, -0.1) is 10.2 Å². The summed E-state index contributed by atoms with van der Waals surface area (Å²) in [6, 6.07) is 6.70. The van der Waals surface area contributed by atoms with Gasteiger partial charge in [0.2, 0.25) is 12.0 Å². The van der Waals surface area contributed by atoms with Crippen molar-refractivity contribution in [1.29, 1.82) is 0 Å². The molecule has 1 aliphatic heterocycles. The highest BCUT2D eigenvalue weighted by atomic mass is 32.2. The Morgan fingerprint density at radius 2 is 1.93 bits per heavy atom. The van der Waals surface area contributed by atoms with Gasteiger partial charge in [-0.05, 0) is 32.9 Å². The van der Waals surface area contributed by atoms with Crippen LogP contribution in [0.15, 0.2) is 33.9 Å². The minimum absolute atomic E-state index is 0.0675. The van der Waals surface area contributed by atoms with Crippen LogP contribution >= 0.6 is 11.8 Å². The molecule has 0 unspecified atom stereocenters. The van der Waals surface area contributed by atoms with Crippen molar-refractivity contribution in [3.63, 3.8) is 0 Å². The van der Waals surface area contributed by atoms with E-state index < -0.39 is 23.3 Å². The molecular weight excluding hydrogens is 372 g/mol. The van der Waals surface area contributed by atoms with E-state index in [2.05, 4.69) is 20.8 Å². The molecule has 2 heterocycles. The molecule has 0 saturated carbocycles. The van der Waals surface area contributed by atoms with E-state index in [1.54, 1.807) is 26.8 Å². The Morgan fingerprint density at radius 3 is 2.67 bits per heavy atom. The number of carbonyl (C=O) groups is 2. The zero-order valence-corrected chi connectivity index (χ0v) is 15.9. The van der Waals surface area contributed by atoms with Crippen molar-refractivity contribution < 1.29 is 23.5 Å². The molecule has 9 nitrogen and oxygen atoms in total. The molecule has 10 heteroatoms. The fraction of sp³-hybridized carbons (Fsp3) is 0.412. The SMILES string of the molecule is CC(C)NC(=O)NC(=O)[C@@H](C)Sc1nnc([C@H]2COc3ccccc3O2)o1. The van der Waals surface area contributed by atoms with Crippen LogP contribution in [0.2, 0.25) is 0 Å². The maximum Gasteiger partial charge on any atom is 0.321 e. The van der Waals surface area contributed by atoms with E-state index >= 15 is 0 Å². The van der Waals surface area contributed by atoms with E-state index in [0.29, 0.717) is 11.5 Å². The van der Waals surface area contributed by atoms with Crippen LogP contribution < -0.4 is 20.1 Å². The lowest BCUT2D eigenvalue weighted by Crippen LogP contribution is -2.45. The van der Waals surface area contributed by atoms with Gasteiger partial charge in [-0.2, -0.15) is 0 Å². The van der Waals surface area contributed by atoms with Gasteiger partial charge in [0, 0.05) is 6.04 Å². The Kier molecular flexibility index (Phi) is 5.84. The largest absolute Gasteiger partial charge is 0.485 e. The fourth-order valence-electron chi connectivity index (χ4n) is 2.26. The first-order valence-electron chi connectivity index (χ1n) is 8.42. The van der Waals surface area contributed by atoms with Gasteiger partial charge in [0.05, 0.1) is 5.25 Å². The lowest BCUT2D eigenvalue weighted by atomic mass is 10.2. The second-order valence-electron chi connectivity index (χ2n) is 6.15. The second kappa shape index (κ2) is 8.30. The third-order valence-corrected chi connectivity index (χ3v) is 4.44. The van der Waals surface area contributed by atoms with Crippen LogP contribution in [0.25, 0.3) is 0 Å². The van der Waals surface area contributed by atoms with Crippen molar-refractivity contribution in [1.82, 2.24) is 20.8 Å². The van der Waals surface area contributed by atoms with Crippen LogP contribution in [0.3, 0.4) is 0 Å². The van der Waals surface area contributed by atoms with E-state index in [1.165, 1.54) is 0 Å². The summed E-state index contributed by atoms with van der Waals surface area (Å²) in [5, 5.41) is 12.4. The number of para-hydroxylation sites is 2. The Balaban J connectivity index is 1.56. The summed E-state index contributed by atoms with van der Waals surface area (Å²) < 4.78 is 17.0. The summed E-state index contributed by atoms with van der Waals surface area (Å²) >= 11 is 1.05. The zero-order valence-electron chi connectivity index (χ0n) is 15.1. The molecule has 0 saturated heterocycles. The first-order valence-corrected chi connectivity index (χ1v) is 9.30. The van der Waals surface area contributed by atoms with Gasteiger partial charge in [0.1, 0.15) is 6.61 Å².